The lowest BCUT2D eigenvalue weighted by Crippen LogP contribution is -2.16. The summed E-state index contributed by atoms with van der Waals surface area (Å²) in [5.41, 5.74) is 1.71. The zero-order valence-electron chi connectivity index (χ0n) is 15.3. The van der Waals surface area contributed by atoms with E-state index in [0.29, 0.717) is 11.4 Å². The SMILES string of the molecule is CC(C)(C)c1ccc(NC(=O)c2nc(-c3ccccn3)nc(O)c2O)cc1. The maximum atomic E-state index is 12.6. The molecular formula is C20H20N4O3. The molecule has 0 aliphatic rings. The minimum absolute atomic E-state index is 0.00314. The molecule has 7 nitrogen and oxygen atoms in total. The van der Waals surface area contributed by atoms with Crippen LogP contribution in [0.15, 0.2) is 48.7 Å². The highest BCUT2D eigenvalue weighted by molar-refractivity contribution is 6.05. The van der Waals surface area contributed by atoms with Crippen molar-refractivity contribution < 1.29 is 15.0 Å². The molecule has 0 spiro atoms. The third-order valence-electron chi connectivity index (χ3n) is 3.98. The molecule has 1 amide bonds. The number of anilines is 1. The van der Waals surface area contributed by atoms with Crippen LogP contribution in [0, 0.1) is 0 Å². The zero-order valence-corrected chi connectivity index (χ0v) is 15.3. The van der Waals surface area contributed by atoms with Crippen LogP contribution in [0.4, 0.5) is 5.69 Å². The third-order valence-corrected chi connectivity index (χ3v) is 3.98. The third kappa shape index (κ3) is 4.03. The molecule has 2 heterocycles. The first kappa shape index (κ1) is 18.3. The second-order valence-corrected chi connectivity index (χ2v) is 7.06. The predicted molar refractivity (Wildman–Crippen MR) is 102 cm³/mol. The normalized spacial score (nSPS) is 11.2. The maximum absolute atomic E-state index is 12.6. The maximum Gasteiger partial charge on any atom is 0.278 e. The first-order chi connectivity index (χ1) is 12.8. The number of aromatic nitrogens is 3. The lowest BCUT2D eigenvalue weighted by molar-refractivity contribution is 0.101. The van der Waals surface area contributed by atoms with Crippen LogP contribution < -0.4 is 5.32 Å². The Kier molecular flexibility index (Phi) is 4.77. The van der Waals surface area contributed by atoms with Crippen LogP contribution in [0.2, 0.25) is 0 Å². The van der Waals surface area contributed by atoms with Gasteiger partial charge in [0.25, 0.3) is 11.8 Å². The number of carbonyl (C=O) groups is 1. The van der Waals surface area contributed by atoms with E-state index in [1.165, 1.54) is 0 Å². The van der Waals surface area contributed by atoms with Gasteiger partial charge in [-0.3, -0.25) is 9.78 Å². The van der Waals surface area contributed by atoms with Crippen LogP contribution >= 0.6 is 0 Å². The van der Waals surface area contributed by atoms with Crippen molar-refractivity contribution in [3.63, 3.8) is 0 Å². The first-order valence-electron chi connectivity index (χ1n) is 8.39. The Hall–Kier alpha value is -3.48. The molecule has 0 unspecified atom stereocenters. The quantitative estimate of drug-likeness (QED) is 0.656. The van der Waals surface area contributed by atoms with E-state index in [-0.39, 0.29) is 16.9 Å². The molecule has 27 heavy (non-hydrogen) atoms. The number of benzene rings is 1. The Morgan fingerprint density at radius 3 is 2.30 bits per heavy atom. The molecule has 0 saturated heterocycles. The van der Waals surface area contributed by atoms with Crippen LogP contribution in [-0.4, -0.2) is 31.1 Å². The number of pyridine rings is 1. The number of aromatic hydroxyl groups is 2. The average molecular weight is 364 g/mol. The number of carbonyl (C=O) groups excluding carboxylic acids is 1. The molecule has 3 aromatic rings. The number of rotatable bonds is 3. The van der Waals surface area contributed by atoms with Gasteiger partial charge in [0.1, 0.15) is 5.69 Å². The molecular weight excluding hydrogens is 344 g/mol. The van der Waals surface area contributed by atoms with Crippen molar-refractivity contribution in [2.75, 3.05) is 5.32 Å². The first-order valence-corrected chi connectivity index (χ1v) is 8.39. The fourth-order valence-corrected chi connectivity index (χ4v) is 2.45. The van der Waals surface area contributed by atoms with Crippen molar-refractivity contribution in [1.82, 2.24) is 15.0 Å². The predicted octanol–water partition coefficient (Wildman–Crippen LogP) is 3.50. The molecule has 1 aromatic carbocycles. The van der Waals surface area contributed by atoms with Gasteiger partial charge in [0, 0.05) is 11.9 Å². The van der Waals surface area contributed by atoms with E-state index >= 15 is 0 Å². The minimum Gasteiger partial charge on any atom is -0.501 e. The molecule has 0 fully saturated rings. The van der Waals surface area contributed by atoms with Gasteiger partial charge in [-0.1, -0.05) is 39.0 Å². The summed E-state index contributed by atoms with van der Waals surface area (Å²) < 4.78 is 0. The molecule has 0 saturated carbocycles. The number of nitrogens with one attached hydrogen (secondary N) is 1. The molecule has 0 aliphatic carbocycles. The van der Waals surface area contributed by atoms with E-state index in [4.69, 9.17) is 0 Å². The van der Waals surface area contributed by atoms with Crippen LogP contribution in [0.5, 0.6) is 11.6 Å². The van der Waals surface area contributed by atoms with Gasteiger partial charge in [-0.25, -0.2) is 4.98 Å². The summed E-state index contributed by atoms with van der Waals surface area (Å²) in [6.45, 7) is 6.30. The van der Waals surface area contributed by atoms with Gasteiger partial charge in [-0.15, -0.1) is 0 Å². The second-order valence-electron chi connectivity index (χ2n) is 7.06. The monoisotopic (exact) mass is 364 g/mol. The van der Waals surface area contributed by atoms with Gasteiger partial charge in [0.15, 0.2) is 11.5 Å². The highest BCUT2D eigenvalue weighted by atomic mass is 16.3. The van der Waals surface area contributed by atoms with E-state index in [1.807, 2.05) is 12.1 Å². The zero-order chi connectivity index (χ0) is 19.6. The van der Waals surface area contributed by atoms with Gasteiger partial charge in [0.05, 0.1) is 0 Å². The van der Waals surface area contributed by atoms with Crippen molar-refractivity contribution in [2.45, 2.75) is 26.2 Å². The lowest BCUT2D eigenvalue weighted by Gasteiger charge is -2.19. The molecule has 2 aromatic heterocycles. The van der Waals surface area contributed by atoms with E-state index in [9.17, 15) is 15.0 Å². The van der Waals surface area contributed by atoms with Crippen LogP contribution in [0.25, 0.3) is 11.5 Å². The molecule has 3 rings (SSSR count). The molecule has 0 aliphatic heterocycles. The number of hydrogen-bond donors (Lipinski definition) is 3. The number of hydrogen-bond acceptors (Lipinski definition) is 6. The summed E-state index contributed by atoms with van der Waals surface area (Å²) in [6.07, 6.45) is 1.54. The smallest absolute Gasteiger partial charge is 0.278 e. The Labute approximate surface area is 156 Å². The summed E-state index contributed by atoms with van der Waals surface area (Å²) in [5.74, 6) is -1.98. The van der Waals surface area contributed by atoms with Gasteiger partial charge in [0.2, 0.25) is 5.75 Å². The Balaban J connectivity index is 1.89. The van der Waals surface area contributed by atoms with E-state index in [0.717, 1.165) is 5.56 Å². The molecule has 0 radical (unpaired) electrons. The van der Waals surface area contributed by atoms with Crippen LogP contribution in [0.3, 0.4) is 0 Å². The molecule has 138 valence electrons. The summed E-state index contributed by atoms with van der Waals surface area (Å²) >= 11 is 0. The molecule has 7 heteroatoms. The molecule has 0 atom stereocenters. The minimum atomic E-state index is -0.682. The summed E-state index contributed by atoms with van der Waals surface area (Å²) in [4.78, 5) is 24.5. The Morgan fingerprint density at radius 2 is 1.70 bits per heavy atom. The topological polar surface area (TPSA) is 108 Å². The van der Waals surface area contributed by atoms with Crippen molar-refractivity contribution in [1.29, 1.82) is 0 Å². The highest BCUT2D eigenvalue weighted by Gasteiger charge is 2.21. The highest BCUT2D eigenvalue weighted by Crippen LogP contribution is 2.29. The van der Waals surface area contributed by atoms with Gasteiger partial charge in [-0.05, 0) is 35.2 Å². The van der Waals surface area contributed by atoms with Gasteiger partial charge in [-0.2, -0.15) is 4.98 Å². The largest absolute Gasteiger partial charge is 0.501 e. The van der Waals surface area contributed by atoms with Crippen molar-refractivity contribution >= 4 is 11.6 Å². The number of amides is 1. The van der Waals surface area contributed by atoms with Crippen LogP contribution in [0.1, 0.15) is 36.8 Å². The van der Waals surface area contributed by atoms with Crippen molar-refractivity contribution in [3.05, 3.63) is 59.9 Å². The second kappa shape index (κ2) is 7.03. The van der Waals surface area contributed by atoms with Crippen molar-refractivity contribution in [3.8, 4) is 23.1 Å². The lowest BCUT2D eigenvalue weighted by atomic mass is 9.87. The number of nitrogens with zero attached hydrogens (tertiary/aromatic N) is 3. The fraction of sp³-hybridized carbons (Fsp3) is 0.200. The van der Waals surface area contributed by atoms with E-state index < -0.39 is 17.5 Å². The standard InChI is InChI=1S/C20H20N4O3/c1-20(2,3)12-7-9-13(10-8-12)22-18(26)15-16(25)19(27)24-17(23-15)14-6-4-5-11-21-14/h4-11,25H,1-3H3,(H,22,26)(H,23,24,27). The van der Waals surface area contributed by atoms with Crippen molar-refractivity contribution in [2.24, 2.45) is 0 Å². The summed E-state index contributed by atoms with van der Waals surface area (Å²) in [5, 5.41) is 22.5. The van der Waals surface area contributed by atoms with Crippen LogP contribution in [-0.2, 0) is 5.41 Å². The Morgan fingerprint density at radius 1 is 1.00 bits per heavy atom. The Bertz CT molecular complexity index is 965. The molecule has 3 N–H and O–H groups in total. The van der Waals surface area contributed by atoms with Gasteiger partial charge < -0.3 is 15.5 Å². The summed E-state index contributed by atoms with van der Waals surface area (Å²) in [6, 6.07) is 12.5. The fourth-order valence-electron chi connectivity index (χ4n) is 2.45. The molecule has 0 bridgehead atoms. The van der Waals surface area contributed by atoms with E-state index in [1.54, 1.807) is 36.5 Å². The van der Waals surface area contributed by atoms with Gasteiger partial charge >= 0.3 is 0 Å². The summed E-state index contributed by atoms with van der Waals surface area (Å²) in [7, 11) is 0. The average Bonchev–Trinajstić information content (AvgIpc) is 2.64. The van der Waals surface area contributed by atoms with E-state index in [2.05, 4.69) is 41.0 Å².